The molecule has 3 heteroatoms. The summed E-state index contributed by atoms with van der Waals surface area (Å²) in [6, 6.07) is 8.95. The highest BCUT2D eigenvalue weighted by Gasteiger charge is 2.34. The second kappa shape index (κ2) is 4.94. The molecule has 0 unspecified atom stereocenters. The zero-order chi connectivity index (χ0) is 18.1. The van der Waals surface area contributed by atoms with Crippen molar-refractivity contribution in [2.45, 2.75) is 65.2 Å². The molecule has 2 heterocycles. The highest BCUT2D eigenvalue weighted by Crippen LogP contribution is 2.45. The van der Waals surface area contributed by atoms with Crippen molar-refractivity contribution in [3.05, 3.63) is 35.4 Å². The lowest BCUT2D eigenvalue weighted by Crippen LogP contribution is -2.31. The van der Waals surface area contributed by atoms with E-state index in [1.807, 2.05) is 4.90 Å². The summed E-state index contributed by atoms with van der Waals surface area (Å²) in [6.45, 7) is 13.4. The Morgan fingerprint density at radius 2 is 1.48 bits per heavy atom. The number of carbonyl (C=O) groups is 1. The number of rotatable bonds is 0. The lowest BCUT2D eigenvalue weighted by atomic mass is 9.82. The number of amides is 1. The van der Waals surface area contributed by atoms with Gasteiger partial charge in [-0.3, -0.25) is 9.69 Å². The van der Waals surface area contributed by atoms with E-state index in [0.717, 1.165) is 29.0 Å². The minimum Gasteiger partial charge on any atom is -0.274 e. The van der Waals surface area contributed by atoms with Gasteiger partial charge in [-0.05, 0) is 39.5 Å². The van der Waals surface area contributed by atoms with Crippen LogP contribution in [0.25, 0.3) is 10.8 Å². The minimum atomic E-state index is 0.0279. The van der Waals surface area contributed by atoms with E-state index in [9.17, 15) is 4.79 Å². The van der Waals surface area contributed by atoms with Crippen molar-refractivity contribution >= 4 is 33.9 Å². The molecule has 4 rings (SSSR count). The van der Waals surface area contributed by atoms with Gasteiger partial charge in [-0.15, -0.1) is 0 Å². The van der Waals surface area contributed by atoms with E-state index < -0.39 is 0 Å². The highest BCUT2D eigenvalue weighted by molar-refractivity contribution is 6.29. The first-order valence-corrected chi connectivity index (χ1v) is 9.09. The summed E-state index contributed by atoms with van der Waals surface area (Å²) in [5.74, 6) is 1.06. The molecule has 0 aliphatic carbocycles. The van der Waals surface area contributed by atoms with Gasteiger partial charge in [0.15, 0.2) is 0 Å². The fourth-order valence-electron chi connectivity index (χ4n) is 3.71. The lowest BCUT2D eigenvalue weighted by Gasteiger charge is -2.30. The zero-order valence-corrected chi connectivity index (χ0v) is 16.0. The van der Waals surface area contributed by atoms with Gasteiger partial charge < -0.3 is 0 Å². The molecule has 2 aliphatic heterocycles. The van der Waals surface area contributed by atoms with Gasteiger partial charge >= 0.3 is 0 Å². The van der Waals surface area contributed by atoms with Crippen LogP contribution in [0.4, 0.5) is 11.4 Å². The smallest absolute Gasteiger partial charge is 0.232 e. The van der Waals surface area contributed by atoms with E-state index in [1.54, 1.807) is 0 Å². The van der Waals surface area contributed by atoms with Gasteiger partial charge in [-0.1, -0.05) is 53.7 Å². The van der Waals surface area contributed by atoms with Crippen LogP contribution >= 0.6 is 0 Å². The average molecular weight is 334 g/mol. The predicted octanol–water partition coefficient (Wildman–Crippen LogP) is 5.61. The van der Waals surface area contributed by atoms with Crippen LogP contribution in [0.15, 0.2) is 29.3 Å². The molecule has 1 amide bonds. The number of anilines is 1. The molecule has 130 valence electrons. The van der Waals surface area contributed by atoms with Gasteiger partial charge in [0.2, 0.25) is 5.91 Å². The molecule has 0 bridgehead atoms. The van der Waals surface area contributed by atoms with Crippen LogP contribution in [0.2, 0.25) is 0 Å². The first kappa shape index (κ1) is 16.3. The Labute approximate surface area is 149 Å². The Bertz CT molecular complexity index is 934. The number of carbonyl (C=O) groups excluding carboxylic acids is 1. The molecule has 2 aromatic rings. The molecule has 0 spiro atoms. The number of hydrogen-bond donors (Lipinski definition) is 0. The zero-order valence-electron chi connectivity index (χ0n) is 16.0. The summed E-state index contributed by atoms with van der Waals surface area (Å²) in [5.41, 5.74) is 4.66. The predicted molar refractivity (Wildman–Crippen MR) is 105 cm³/mol. The van der Waals surface area contributed by atoms with E-state index in [0.29, 0.717) is 6.42 Å². The first-order chi connectivity index (χ1) is 11.6. The number of hydrogen-bond acceptors (Lipinski definition) is 2. The van der Waals surface area contributed by atoms with E-state index in [1.165, 1.54) is 16.5 Å². The summed E-state index contributed by atoms with van der Waals surface area (Å²) in [5, 5.41) is 2.30. The third kappa shape index (κ3) is 2.48. The number of nitrogens with zero attached hydrogens (tertiary/aromatic N) is 2. The van der Waals surface area contributed by atoms with E-state index in [2.05, 4.69) is 65.8 Å². The third-order valence-corrected chi connectivity index (χ3v) is 5.30. The Morgan fingerprint density at radius 3 is 2.08 bits per heavy atom. The highest BCUT2D eigenvalue weighted by atomic mass is 16.2. The quantitative estimate of drug-likeness (QED) is 0.617. The van der Waals surface area contributed by atoms with Gasteiger partial charge in [0.1, 0.15) is 5.84 Å². The van der Waals surface area contributed by atoms with Gasteiger partial charge in [0.05, 0.1) is 11.4 Å². The van der Waals surface area contributed by atoms with Crippen molar-refractivity contribution in [1.82, 2.24) is 0 Å². The van der Waals surface area contributed by atoms with Crippen molar-refractivity contribution in [1.29, 1.82) is 0 Å². The van der Waals surface area contributed by atoms with Crippen LogP contribution in [0.3, 0.4) is 0 Å². The topological polar surface area (TPSA) is 32.7 Å². The number of aliphatic imine (C=N–C) groups is 1. The first-order valence-electron chi connectivity index (χ1n) is 9.09. The molecular weight excluding hydrogens is 308 g/mol. The maximum Gasteiger partial charge on any atom is 0.232 e. The van der Waals surface area contributed by atoms with Crippen molar-refractivity contribution in [3.8, 4) is 0 Å². The second-order valence-corrected chi connectivity index (χ2v) is 9.35. The van der Waals surface area contributed by atoms with Gasteiger partial charge in [-0.2, -0.15) is 0 Å². The van der Waals surface area contributed by atoms with Crippen molar-refractivity contribution in [3.63, 3.8) is 0 Å². The Kier molecular flexibility index (Phi) is 3.22. The summed E-state index contributed by atoms with van der Waals surface area (Å²) in [6.07, 6.45) is 1.29. The fourth-order valence-corrected chi connectivity index (χ4v) is 3.71. The number of amidine groups is 1. The fraction of sp³-hybridized carbons (Fsp3) is 0.455. The monoisotopic (exact) mass is 334 g/mol. The van der Waals surface area contributed by atoms with Crippen molar-refractivity contribution in [2.75, 3.05) is 4.90 Å². The SMILES string of the molecule is CC(C)(C)c1cc2c3c(cc(C(C)(C)C)cc3c1)N1C(=O)CCC1=N2. The van der Waals surface area contributed by atoms with Crippen LogP contribution in [0.5, 0.6) is 0 Å². The average Bonchev–Trinajstić information content (AvgIpc) is 2.86. The maximum atomic E-state index is 12.5. The molecule has 25 heavy (non-hydrogen) atoms. The van der Waals surface area contributed by atoms with Crippen LogP contribution in [-0.4, -0.2) is 11.7 Å². The third-order valence-electron chi connectivity index (χ3n) is 5.30. The van der Waals surface area contributed by atoms with Crippen LogP contribution in [-0.2, 0) is 15.6 Å². The molecular formula is C22H26N2O. The maximum absolute atomic E-state index is 12.5. The van der Waals surface area contributed by atoms with E-state index >= 15 is 0 Å². The van der Waals surface area contributed by atoms with Crippen molar-refractivity contribution in [2.24, 2.45) is 4.99 Å². The molecule has 2 aromatic carbocycles. The van der Waals surface area contributed by atoms with Gasteiger partial charge in [0.25, 0.3) is 0 Å². The molecule has 1 saturated heterocycles. The Morgan fingerprint density at radius 1 is 0.880 bits per heavy atom. The van der Waals surface area contributed by atoms with E-state index in [4.69, 9.17) is 4.99 Å². The second-order valence-electron chi connectivity index (χ2n) is 9.35. The molecule has 0 aromatic heterocycles. The molecule has 2 aliphatic rings. The van der Waals surface area contributed by atoms with Gasteiger partial charge in [0, 0.05) is 18.2 Å². The molecule has 0 saturated carbocycles. The van der Waals surface area contributed by atoms with E-state index in [-0.39, 0.29) is 16.7 Å². The molecule has 3 nitrogen and oxygen atoms in total. The summed E-state index contributed by atoms with van der Waals surface area (Å²) in [7, 11) is 0. The van der Waals surface area contributed by atoms with Crippen LogP contribution in [0, 0.1) is 0 Å². The van der Waals surface area contributed by atoms with Crippen molar-refractivity contribution < 1.29 is 4.79 Å². The van der Waals surface area contributed by atoms with Crippen LogP contribution < -0.4 is 4.90 Å². The molecule has 0 atom stereocenters. The largest absolute Gasteiger partial charge is 0.274 e. The molecule has 0 N–H and O–H groups in total. The molecule has 0 radical (unpaired) electrons. The Hall–Kier alpha value is -2.16. The summed E-state index contributed by atoms with van der Waals surface area (Å²) in [4.78, 5) is 19.2. The minimum absolute atomic E-state index is 0.0279. The van der Waals surface area contributed by atoms with Gasteiger partial charge in [-0.25, -0.2) is 4.99 Å². The van der Waals surface area contributed by atoms with Crippen LogP contribution in [0.1, 0.15) is 65.5 Å². The standard InChI is InChI=1S/C22H26N2O/c1-21(2,3)14-9-13-10-15(22(4,5)6)12-17-20(13)16(11-14)23-18-7-8-19(25)24(17)18/h9-12H,7-8H2,1-6H3. The number of fused-ring (bicyclic) bond motifs is 2. The number of benzene rings is 2. The normalized spacial score (nSPS) is 17.1. The molecule has 1 fully saturated rings. The summed E-state index contributed by atoms with van der Waals surface area (Å²) < 4.78 is 0. The summed E-state index contributed by atoms with van der Waals surface area (Å²) >= 11 is 0. The lowest BCUT2D eigenvalue weighted by molar-refractivity contribution is -0.116. The Balaban J connectivity index is 2.10.